The third-order valence-corrected chi connectivity index (χ3v) is 3.83. The van der Waals surface area contributed by atoms with Gasteiger partial charge in [0, 0.05) is 4.90 Å². The summed E-state index contributed by atoms with van der Waals surface area (Å²) in [5.74, 6) is -0.110. The van der Waals surface area contributed by atoms with Gasteiger partial charge in [0.2, 0.25) is 0 Å². The molecule has 1 saturated heterocycles. The Morgan fingerprint density at radius 3 is 2.68 bits per heavy atom. The Kier molecular flexibility index (Phi) is 5.24. The molecule has 104 valence electrons. The van der Waals surface area contributed by atoms with E-state index < -0.39 is 6.10 Å². The van der Waals surface area contributed by atoms with Gasteiger partial charge in [-0.05, 0) is 30.9 Å². The van der Waals surface area contributed by atoms with Crippen LogP contribution in [0.5, 0.6) is 0 Å². The van der Waals surface area contributed by atoms with E-state index in [1.807, 2.05) is 25.3 Å². The molecule has 1 amide bonds. The van der Waals surface area contributed by atoms with Gasteiger partial charge in [-0.25, -0.2) is 0 Å². The fourth-order valence-electron chi connectivity index (χ4n) is 1.92. The zero-order chi connectivity index (χ0) is 13.7. The molecule has 2 atom stereocenters. The van der Waals surface area contributed by atoms with Crippen molar-refractivity contribution in [2.24, 2.45) is 0 Å². The lowest BCUT2D eigenvalue weighted by molar-refractivity contribution is -0.148. The zero-order valence-corrected chi connectivity index (χ0v) is 12.0. The summed E-state index contributed by atoms with van der Waals surface area (Å²) in [5.41, 5.74) is 1.09. The molecule has 1 heterocycles. The van der Waals surface area contributed by atoms with Crippen molar-refractivity contribution >= 4 is 17.7 Å². The topological polar surface area (TPSA) is 47.6 Å². The number of carbonyl (C=O) groups excluding carboxylic acids is 1. The molecule has 1 N–H and O–H groups in total. The van der Waals surface area contributed by atoms with E-state index in [1.54, 1.807) is 11.8 Å². The largest absolute Gasteiger partial charge is 0.376 e. The van der Waals surface area contributed by atoms with Gasteiger partial charge < -0.3 is 14.8 Å². The number of hydrogen-bond acceptors (Lipinski definition) is 4. The van der Waals surface area contributed by atoms with E-state index in [2.05, 4.69) is 17.4 Å². The number of carbonyl (C=O) groups is 1. The Labute approximate surface area is 117 Å². The van der Waals surface area contributed by atoms with Gasteiger partial charge in [-0.15, -0.1) is 11.8 Å². The summed E-state index contributed by atoms with van der Waals surface area (Å²) in [4.78, 5) is 13.2. The maximum absolute atomic E-state index is 12.0. The van der Waals surface area contributed by atoms with Crippen LogP contribution >= 0.6 is 11.8 Å². The number of rotatable bonds is 4. The van der Waals surface area contributed by atoms with E-state index in [0.717, 1.165) is 5.56 Å². The summed E-state index contributed by atoms with van der Waals surface area (Å²) in [6, 6.07) is 8.16. The summed E-state index contributed by atoms with van der Waals surface area (Å²) < 4.78 is 10.6. The number of nitrogens with one attached hydrogen (secondary N) is 1. The second-order valence-electron chi connectivity index (χ2n) is 4.44. The molecule has 0 unspecified atom stereocenters. The minimum atomic E-state index is -0.485. The van der Waals surface area contributed by atoms with Gasteiger partial charge >= 0.3 is 0 Å². The van der Waals surface area contributed by atoms with E-state index >= 15 is 0 Å². The van der Waals surface area contributed by atoms with Crippen LogP contribution in [0.1, 0.15) is 18.5 Å². The number of thioether (sulfide) groups is 1. The molecule has 0 bridgehead atoms. The van der Waals surface area contributed by atoms with Crippen molar-refractivity contribution < 1.29 is 14.3 Å². The molecule has 0 aliphatic carbocycles. The van der Waals surface area contributed by atoms with Crippen molar-refractivity contribution in [3.05, 3.63) is 29.8 Å². The lowest BCUT2D eigenvalue weighted by Gasteiger charge is -2.24. The van der Waals surface area contributed by atoms with Crippen LogP contribution in [0, 0.1) is 0 Å². The Morgan fingerprint density at radius 2 is 2.11 bits per heavy atom. The van der Waals surface area contributed by atoms with Crippen LogP contribution in [0.3, 0.4) is 0 Å². The fourth-order valence-corrected chi connectivity index (χ4v) is 2.33. The quantitative estimate of drug-likeness (QED) is 0.858. The highest BCUT2D eigenvalue weighted by atomic mass is 32.2. The molecule has 1 aliphatic heterocycles. The minimum Gasteiger partial charge on any atom is -0.376 e. The molecule has 5 heteroatoms. The van der Waals surface area contributed by atoms with Crippen LogP contribution in [0.15, 0.2) is 29.2 Å². The Balaban J connectivity index is 1.91. The lowest BCUT2D eigenvalue weighted by atomic mass is 10.1. The molecule has 1 aromatic carbocycles. The third kappa shape index (κ3) is 3.96. The van der Waals surface area contributed by atoms with E-state index in [0.29, 0.717) is 19.8 Å². The number of amides is 1. The molecule has 0 spiro atoms. The average Bonchev–Trinajstić information content (AvgIpc) is 2.48. The third-order valence-electron chi connectivity index (χ3n) is 3.08. The predicted molar refractivity (Wildman–Crippen MR) is 75.3 cm³/mol. The van der Waals surface area contributed by atoms with E-state index in [9.17, 15) is 4.79 Å². The van der Waals surface area contributed by atoms with Crippen LogP contribution in [0.2, 0.25) is 0 Å². The molecule has 4 nitrogen and oxygen atoms in total. The highest BCUT2D eigenvalue weighted by Gasteiger charge is 2.23. The maximum atomic E-state index is 12.0. The van der Waals surface area contributed by atoms with E-state index in [4.69, 9.17) is 9.47 Å². The first-order valence-electron chi connectivity index (χ1n) is 6.34. The van der Waals surface area contributed by atoms with Crippen molar-refractivity contribution in [1.29, 1.82) is 0 Å². The average molecular weight is 281 g/mol. The summed E-state index contributed by atoms with van der Waals surface area (Å²) in [6.07, 6.45) is 1.56. The molecule has 0 radical (unpaired) electrons. The van der Waals surface area contributed by atoms with E-state index in [1.165, 1.54) is 4.90 Å². The molecular formula is C14H19NO3S. The van der Waals surface area contributed by atoms with Crippen molar-refractivity contribution in [1.82, 2.24) is 5.32 Å². The van der Waals surface area contributed by atoms with Crippen LogP contribution < -0.4 is 5.32 Å². The maximum Gasteiger partial charge on any atom is 0.252 e. The van der Waals surface area contributed by atoms with Gasteiger partial charge in [-0.1, -0.05) is 12.1 Å². The molecule has 1 aromatic rings. The molecule has 19 heavy (non-hydrogen) atoms. The molecule has 0 saturated carbocycles. The summed E-state index contributed by atoms with van der Waals surface area (Å²) in [6.45, 7) is 3.35. The number of benzene rings is 1. The van der Waals surface area contributed by atoms with Gasteiger partial charge in [-0.3, -0.25) is 4.79 Å². The van der Waals surface area contributed by atoms with Crippen LogP contribution in [-0.4, -0.2) is 38.1 Å². The van der Waals surface area contributed by atoms with Crippen molar-refractivity contribution in [3.63, 3.8) is 0 Å². The first-order chi connectivity index (χ1) is 9.20. The highest BCUT2D eigenvalue weighted by Crippen LogP contribution is 2.19. The van der Waals surface area contributed by atoms with Gasteiger partial charge in [0.15, 0.2) is 6.10 Å². The van der Waals surface area contributed by atoms with Gasteiger partial charge in [0.25, 0.3) is 5.91 Å². The molecule has 1 aliphatic rings. The Morgan fingerprint density at radius 1 is 1.37 bits per heavy atom. The standard InChI is InChI=1S/C14H19NO3S/c1-10(11-3-5-12(19-2)6-4-11)15-14(16)13-9-17-7-8-18-13/h3-6,10,13H,7-9H2,1-2H3,(H,15,16)/t10-,13+/m1/s1. The fraction of sp³-hybridized carbons (Fsp3) is 0.500. The normalized spacial score (nSPS) is 20.8. The van der Waals surface area contributed by atoms with Gasteiger partial charge in [0.05, 0.1) is 25.9 Å². The number of ether oxygens (including phenoxy) is 2. The Bertz CT molecular complexity index is 415. The smallest absolute Gasteiger partial charge is 0.252 e. The number of hydrogen-bond donors (Lipinski definition) is 1. The zero-order valence-electron chi connectivity index (χ0n) is 11.2. The summed E-state index contributed by atoms with van der Waals surface area (Å²) in [5, 5.41) is 2.95. The van der Waals surface area contributed by atoms with Crippen molar-refractivity contribution in [3.8, 4) is 0 Å². The molecule has 2 rings (SSSR count). The van der Waals surface area contributed by atoms with Crippen LogP contribution in [0.4, 0.5) is 0 Å². The first-order valence-corrected chi connectivity index (χ1v) is 7.57. The van der Waals surface area contributed by atoms with E-state index in [-0.39, 0.29) is 11.9 Å². The van der Waals surface area contributed by atoms with Gasteiger partial charge in [0.1, 0.15) is 0 Å². The minimum absolute atomic E-state index is 0.0334. The molecular weight excluding hydrogens is 262 g/mol. The molecule has 1 fully saturated rings. The van der Waals surface area contributed by atoms with Crippen molar-refractivity contribution in [2.45, 2.75) is 24.0 Å². The summed E-state index contributed by atoms with van der Waals surface area (Å²) >= 11 is 1.70. The monoisotopic (exact) mass is 281 g/mol. The highest BCUT2D eigenvalue weighted by molar-refractivity contribution is 7.98. The first kappa shape index (κ1) is 14.4. The molecule has 0 aromatic heterocycles. The van der Waals surface area contributed by atoms with Crippen LogP contribution in [0.25, 0.3) is 0 Å². The van der Waals surface area contributed by atoms with Crippen LogP contribution in [-0.2, 0) is 14.3 Å². The van der Waals surface area contributed by atoms with Crippen molar-refractivity contribution in [2.75, 3.05) is 26.1 Å². The second-order valence-corrected chi connectivity index (χ2v) is 5.32. The second kappa shape index (κ2) is 6.93. The SMILES string of the molecule is CSc1ccc([C@@H](C)NC(=O)[C@@H]2COCCO2)cc1. The Hall–Kier alpha value is -1.04. The van der Waals surface area contributed by atoms with Gasteiger partial charge in [-0.2, -0.15) is 0 Å². The summed E-state index contributed by atoms with van der Waals surface area (Å²) in [7, 11) is 0. The predicted octanol–water partition coefficient (Wildman–Crippen LogP) is 2.00. The lowest BCUT2D eigenvalue weighted by Crippen LogP contribution is -2.43.